The van der Waals surface area contributed by atoms with Gasteiger partial charge in [-0.25, -0.2) is 0 Å². The van der Waals surface area contributed by atoms with E-state index in [0.29, 0.717) is 18.1 Å². The maximum atomic E-state index is 11.5. The molecule has 0 radical (unpaired) electrons. The summed E-state index contributed by atoms with van der Waals surface area (Å²) >= 11 is 1.81. The summed E-state index contributed by atoms with van der Waals surface area (Å²) in [6, 6.07) is 3.13. The predicted octanol–water partition coefficient (Wildman–Crippen LogP) is 0.932. The first-order chi connectivity index (χ1) is 7.74. The summed E-state index contributed by atoms with van der Waals surface area (Å²) in [5.41, 5.74) is 5.68. The first-order valence-electron chi connectivity index (χ1n) is 5.10. The van der Waals surface area contributed by atoms with Gasteiger partial charge >= 0.3 is 0 Å². The zero-order chi connectivity index (χ0) is 11.8. The van der Waals surface area contributed by atoms with E-state index in [-0.39, 0.29) is 5.91 Å². The minimum atomic E-state index is -0.198. The molecule has 0 aliphatic rings. The fourth-order valence-electron chi connectivity index (χ4n) is 1.13. The third kappa shape index (κ3) is 4.48. The van der Waals surface area contributed by atoms with Crippen LogP contribution in [-0.2, 0) is 0 Å². The summed E-state index contributed by atoms with van der Waals surface area (Å²) in [7, 11) is 0. The number of thioether (sulfide) groups is 1. The number of hydrogen-bond acceptors (Lipinski definition) is 5. The standard InChI is InChI=1S/C10H16N4OS/c1-16-7-3-2-6-12-10(15)8-4-5-9(11)14-13-8/h4-5H,2-3,6-7H2,1H3,(H2,11,14)(H,12,15). The van der Waals surface area contributed by atoms with E-state index >= 15 is 0 Å². The van der Waals surface area contributed by atoms with E-state index < -0.39 is 0 Å². The molecule has 1 aromatic rings. The molecule has 0 aliphatic heterocycles. The molecule has 0 bridgehead atoms. The molecule has 88 valence electrons. The first kappa shape index (κ1) is 12.8. The van der Waals surface area contributed by atoms with Gasteiger partial charge in [-0.2, -0.15) is 11.8 Å². The van der Waals surface area contributed by atoms with Crippen molar-refractivity contribution in [1.82, 2.24) is 15.5 Å². The van der Waals surface area contributed by atoms with E-state index in [4.69, 9.17) is 5.73 Å². The van der Waals surface area contributed by atoms with E-state index in [1.165, 1.54) is 0 Å². The van der Waals surface area contributed by atoms with Crippen molar-refractivity contribution in [2.75, 3.05) is 24.3 Å². The lowest BCUT2D eigenvalue weighted by molar-refractivity contribution is 0.0947. The van der Waals surface area contributed by atoms with Crippen molar-refractivity contribution in [3.63, 3.8) is 0 Å². The predicted molar refractivity (Wildman–Crippen MR) is 66.4 cm³/mol. The van der Waals surface area contributed by atoms with Crippen LogP contribution in [0.25, 0.3) is 0 Å². The number of nitrogens with two attached hydrogens (primary N) is 1. The van der Waals surface area contributed by atoms with Gasteiger partial charge in [0, 0.05) is 6.54 Å². The van der Waals surface area contributed by atoms with Gasteiger partial charge in [-0.1, -0.05) is 0 Å². The molecule has 1 rings (SSSR count). The molecule has 0 fully saturated rings. The molecule has 0 spiro atoms. The average Bonchev–Trinajstić information content (AvgIpc) is 2.29. The lowest BCUT2D eigenvalue weighted by Gasteiger charge is -2.03. The SMILES string of the molecule is CSCCCCNC(=O)c1ccc(N)nn1. The van der Waals surface area contributed by atoms with Gasteiger partial charge in [0.25, 0.3) is 5.91 Å². The molecular weight excluding hydrogens is 224 g/mol. The van der Waals surface area contributed by atoms with Gasteiger partial charge in [-0.3, -0.25) is 4.79 Å². The summed E-state index contributed by atoms with van der Waals surface area (Å²) in [6.07, 6.45) is 4.16. The van der Waals surface area contributed by atoms with Crippen LogP contribution in [0.1, 0.15) is 23.3 Å². The van der Waals surface area contributed by atoms with E-state index in [9.17, 15) is 4.79 Å². The molecular formula is C10H16N4OS. The van der Waals surface area contributed by atoms with Gasteiger partial charge in [-0.05, 0) is 37.0 Å². The number of unbranched alkanes of at least 4 members (excludes halogenated alkanes) is 1. The average molecular weight is 240 g/mol. The van der Waals surface area contributed by atoms with Gasteiger partial charge in [0.15, 0.2) is 5.69 Å². The normalized spacial score (nSPS) is 10.1. The molecule has 1 heterocycles. The molecule has 0 aromatic carbocycles. The van der Waals surface area contributed by atoms with Crippen LogP contribution in [0.3, 0.4) is 0 Å². The van der Waals surface area contributed by atoms with Crippen molar-refractivity contribution in [3.8, 4) is 0 Å². The minimum absolute atomic E-state index is 0.198. The Bertz CT molecular complexity index is 328. The van der Waals surface area contributed by atoms with Gasteiger partial charge in [-0.15, -0.1) is 10.2 Å². The lowest BCUT2D eigenvalue weighted by atomic mass is 10.3. The lowest BCUT2D eigenvalue weighted by Crippen LogP contribution is -2.25. The number of nitrogen functional groups attached to an aromatic ring is 1. The molecule has 0 aliphatic carbocycles. The quantitative estimate of drug-likeness (QED) is 0.723. The summed E-state index contributed by atoms with van der Waals surface area (Å²) in [6.45, 7) is 0.672. The Balaban J connectivity index is 2.27. The highest BCUT2D eigenvalue weighted by Gasteiger charge is 2.06. The third-order valence-corrected chi connectivity index (χ3v) is 2.68. The van der Waals surface area contributed by atoms with Crippen molar-refractivity contribution in [2.24, 2.45) is 0 Å². The number of amides is 1. The molecule has 0 unspecified atom stereocenters. The Morgan fingerprint density at radius 2 is 2.25 bits per heavy atom. The maximum Gasteiger partial charge on any atom is 0.271 e. The first-order valence-corrected chi connectivity index (χ1v) is 6.50. The summed E-state index contributed by atoms with van der Waals surface area (Å²) in [5, 5.41) is 10.1. The zero-order valence-corrected chi connectivity index (χ0v) is 10.1. The second-order valence-corrected chi connectivity index (χ2v) is 4.28. The van der Waals surface area contributed by atoms with Gasteiger partial charge in [0.2, 0.25) is 0 Å². The van der Waals surface area contributed by atoms with Crippen molar-refractivity contribution < 1.29 is 4.79 Å². The molecule has 16 heavy (non-hydrogen) atoms. The number of anilines is 1. The number of carbonyl (C=O) groups is 1. The Morgan fingerprint density at radius 1 is 1.44 bits per heavy atom. The van der Waals surface area contributed by atoms with Crippen LogP contribution in [0, 0.1) is 0 Å². The molecule has 1 aromatic heterocycles. The van der Waals surface area contributed by atoms with Crippen LogP contribution in [0.5, 0.6) is 0 Å². The van der Waals surface area contributed by atoms with Crippen molar-refractivity contribution >= 4 is 23.5 Å². The summed E-state index contributed by atoms with van der Waals surface area (Å²) in [4.78, 5) is 11.5. The van der Waals surface area contributed by atoms with E-state index in [1.54, 1.807) is 12.1 Å². The summed E-state index contributed by atoms with van der Waals surface area (Å²) in [5.74, 6) is 1.24. The fraction of sp³-hybridized carbons (Fsp3) is 0.500. The van der Waals surface area contributed by atoms with Crippen LogP contribution in [0.15, 0.2) is 12.1 Å². The molecule has 3 N–H and O–H groups in total. The highest BCUT2D eigenvalue weighted by Crippen LogP contribution is 1.99. The molecule has 1 amide bonds. The van der Waals surface area contributed by atoms with Gasteiger partial charge in [0.1, 0.15) is 5.82 Å². The molecule has 0 saturated heterocycles. The molecule has 6 heteroatoms. The van der Waals surface area contributed by atoms with Crippen molar-refractivity contribution in [1.29, 1.82) is 0 Å². The Labute approximate surface area is 99.2 Å². The van der Waals surface area contributed by atoms with Crippen LogP contribution in [-0.4, -0.2) is 34.7 Å². The van der Waals surface area contributed by atoms with Gasteiger partial charge in [0.05, 0.1) is 0 Å². The van der Waals surface area contributed by atoms with Crippen molar-refractivity contribution in [3.05, 3.63) is 17.8 Å². The maximum absolute atomic E-state index is 11.5. The number of rotatable bonds is 6. The molecule has 0 saturated carbocycles. The Morgan fingerprint density at radius 3 is 2.88 bits per heavy atom. The third-order valence-electron chi connectivity index (χ3n) is 1.98. The molecule has 5 nitrogen and oxygen atoms in total. The summed E-state index contributed by atoms with van der Waals surface area (Å²) < 4.78 is 0. The Hall–Kier alpha value is -1.30. The molecule has 0 atom stereocenters. The van der Waals surface area contributed by atoms with Crippen LogP contribution in [0.2, 0.25) is 0 Å². The van der Waals surface area contributed by atoms with Crippen LogP contribution in [0.4, 0.5) is 5.82 Å². The van der Waals surface area contributed by atoms with Crippen LogP contribution >= 0.6 is 11.8 Å². The number of nitrogens with zero attached hydrogens (tertiary/aromatic N) is 2. The number of hydrogen-bond donors (Lipinski definition) is 2. The second kappa shape index (κ2) is 7.05. The zero-order valence-electron chi connectivity index (χ0n) is 9.27. The van der Waals surface area contributed by atoms with Gasteiger partial charge < -0.3 is 11.1 Å². The van der Waals surface area contributed by atoms with E-state index in [2.05, 4.69) is 21.8 Å². The van der Waals surface area contributed by atoms with Crippen LogP contribution < -0.4 is 11.1 Å². The topological polar surface area (TPSA) is 80.9 Å². The Kier molecular flexibility index (Phi) is 5.63. The second-order valence-electron chi connectivity index (χ2n) is 3.30. The van der Waals surface area contributed by atoms with Crippen molar-refractivity contribution in [2.45, 2.75) is 12.8 Å². The highest BCUT2D eigenvalue weighted by atomic mass is 32.2. The smallest absolute Gasteiger partial charge is 0.271 e. The largest absolute Gasteiger partial charge is 0.382 e. The minimum Gasteiger partial charge on any atom is -0.382 e. The van der Waals surface area contributed by atoms with E-state index in [1.807, 2.05) is 11.8 Å². The number of carbonyl (C=O) groups excluding carboxylic acids is 1. The number of nitrogens with one attached hydrogen (secondary N) is 1. The fourth-order valence-corrected chi connectivity index (χ4v) is 1.62. The number of aromatic nitrogens is 2. The van der Waals surface area contributed by atoms with E-state index in [0.717, 1.165) is 18.6 Å². The monoisotopic (exact) mass is 240 g/mol. The highest BCUT2D eigenvalue weighted by molar-refractivity contribution is 7.98.